The van der Waals surface area contributed by atoms with Crippen LogP contribution in [0.2, 0.25) is 10.0 Å². The van der Waals surface area contributed by atoms with Crippen molar-refractivity contribution in [1.29, 1.82) is 0 Å². The fraction of sp³-hybridized carbons (Fsp3) is 0.400. The summed E-state index contributed by atoms with van der Waals surface area (Å²) in [5.74, 6) is 0. The smallest absolute Gasteiger partial charge is 0.0644 e. The van der Waals surface area contributed by atoms with E-state index in [0.29, 0.717) is 5.02 Å². The van der Waals surface area contributed by atoms with Crippen LogP contribution in [0.4, 0.5) is 0 Å². The predicted molar refractivity (Wildman–Crippen MR) is 84.6 cm³/mol. The van der Waals surface area contributed by atoms with Crippen molar-refractivity contribution in [1.82, 2.24) is 15.1 Å². The first-order valence-corrected chi connectivity index (χ1v) is 7.31. The van der Waals surface area contributed by atoms with Crippen LogP contribution in [0, 0.1) is 13.8 Å². The van der Waals surface area contributed by atoms with Crippen molar-refractivity contribution in [3.05, 3.63) is 50.8 Å². The number of hydrogen-bond donors (Lipinski definition) is 1. The summed E-state index contributed by atoms with van der Waals surface area (Å²) in [5.41, 5.74) is 4.48. The van der Waals surface area contributed by atoms with E-state index in [1.54, 1.807) is 0 Å². The molecule has 0 saturated carbocycles. The zero-order valence-corrected chi connectivity index (χ0v) is 13.7. The minimum absolute atomic E-state index is 0.166. The van der Waals surface area contributed by atoms with Crippen LogP contribution in [-0.4, -0.2) is 16.8 Å². The number of aryl methyl sites for hydroxylation is 2. The molecule has 0 bridgehead atoms. The first kappa shape index (κ1) is 15.4. The quantitative estimate of drug-likeness (QED) is 0.929. The summed E-state index contributed by atoms with van der Waals surface area (Å²) in [6.07, 6.45) is 0.781. The van der Waals surface area contributed by atoms with E-state index in [4.69, 9.17) is 23.2 Å². The normalized spacial score (nSPS) is 12.7. The van der Waals surface area contributed by atoms with Gasteiger partial charge in [-0.3, -0.25) is 4.68 Å². The first-order chi connectivity index (χ1) is 9.43. The highest BCUT2D eigenvalue weighted by Crippen LogP contribution is 2.28. The molecular weight excluding hydrogens is 293 g/mol. The van der Waals surface area contributed by atoms with Crippen molar-refractivity contribution in [3.63, 3.8) is 0 Å². The molecule has 0 radical (unpaired) electrons. The number of halogens is 2. The third-order valence-electron chi connectivity index (χ3n) is 3.69. The van der Waals surface area contributed by atoms with E-state index in [2.05, 4.69) is 17.3 Å². The molecule has 0 fully saturated rings. The zero-order chi connectivity index (χ0) is 14.9. The molecule has 1 heterocycles. The minimum Gasteiger partial charge on any atom is -0.313 e. The zero-order valence-electron chi connectivity index (χ0n) is 12.2. The van der Waals surface area contributed by atoms with Crippen LogP contribution < -0.4 is 5.32 Å². The summed E-state index contributed by atoms with van der Waals surface area (Å²) < 4.78 is 1.91. The van der Waals surface area contributed by atoms with E-state index in [-0.39, 0.29) is 6.04 Å². The molecule has 1 N–H and O–H groups in total. The average Bonchev–Trinajstić information content (AvgIpc) is 2.65. The molecular formula is C15H19Cl2N3. The van der Waals surface area contributed by atoms with Crippen LogP contribution in [0.1, 0.15) is 28.6 Å². The van der Waals surface area contributed by atoms with Crippen molar-refractivity contribution in [3.8, 4) is 0 Å². The summed E-state index contributed by atoms with van der Waals surface area (Å²) in [6, 6.07) is 5.74. The van der Waals surface area contributed by atoms with E-state index < -0.39 is 0 Å². The van der Waals surface area contributed by atoms with Crippen molar-refractivity contribution in [2.45, 2.75) is 26.3 Å². The lowest BCUT2D eigenvalue weighted by Crippen LogP contribution is -2.20. The number of hydrogen-bond acceptors (Lipinski definition) is 2. The van der Waals surface area contributed by atoms with Crippen LogP contribution in [0.5, 0.6) is 0 Å². The summed E-state index contributed by atoms with van der Waals surface area (Å²) in [7, 11) is 3.92. The van der Waals surface area contributed by atoms with Gasteiger partial charge in [-0.25, -0.2) is 0 Å². The molecule has 1 unspecified atom stereocenters. The van der Waals surface area contributed by atoms with E-state index >= 15 is 0 Å². The van der Waals surface area contributed by atoms with Gasteiger partial charge in [-0.1, -0.05) is 23.2 Å². The molecule has 0 aliphatic rings. The van der Waals surface area contributed by atoms with Gasteiger partial charge >= 0.3 is 0 Å². The van der Waals surface area contributed by atoms with Crippen molar-refractivity contribution < 1.29 is 0 Å². The number of likely N-dealkylation sites (N-methyl/N-ethyl adjacent to an activating group) is 1. The maximum absolute atomic E-state index is 6.26. The molecule has 2 rings (SSSR count). The average molecular weight is 312 g/mol. The molecule has 1 atom stereocenters. The van der Waals surface area contributed by atoms with Gasteiger partial charge in [0.25, 0.3) is 0 Å². The Hall–Kier alpha value is -1.03. The summed E-state index contributed by atoms with van der Waals surface area (Å²) in [4.78, 5) is 0. The van der Waals surface area contributed by atoms with Gasteiger partial charge in [0.05, 0.1) is 5.69 Å². The molecule has 0 aliphatic carbocycles. The van der Waals surface area contributed by atoms with Gasteiger partial charge in [-0.15, -0.1) is 0 Å². The molecule has 1 aromatic carbocycles. The lowest BCUT2D eigenvalue weighted by Gasteiger charge is -2.18. The van der Waals surface area contributed by atoms with Gasteiger partial charge in [-0.05, 0) is 51.1 Å². The molecule has 0 spiro atoms. The monoisotopic (exact) mass is 311 g/mol. The van der Waals surface area contributed by atoms with Crippen LogP contribution in [0.3, 0.4) is 0 Å². The van der Waals surface area contributed by atoms with Crippen LogP contribution >= 0.6 is 23.2 Å². The molecule has 0 amide bonds. The second kappa shape index (κ2) is 6.17. The van der Waals surface area contributed by atoms with E-state index in [1.807, 2.05) is 43.9 Å². The summed E-state index contributed by atoms with van der Waals surface area (Å²) >= 11 is 12.3. The molecule has 0 aliphatic heterocycles. The molecule has 2 aromatic rings. The van der Waals surface area contributed by atoms with Gasteiger partial charge in [-0.2, -0.15) is 5.10 Å². The van der Waals surface area contributed by atoms with E-state index in [0.717, 1.165) is 22.7 Å². The topological polar surface area (TPSA) is 29.9 Å². The standard InChI is InChI=1S/C15H19Cl2N3/c1-9-15(10(2)20(4)19-9)14(18-3)8-11-7-12(16)5-6-13(11)17/h5-7,14,18H,8H2,1-4H3. The maximum Gasteiger partial charge on any atom is 0.0644 e. The highest BCUT2D eigenvalue weighted by atomic mass is 35.5. The SMILES string of the molecule is CNC(Cc1cc(Cl)ccc1Cl)c1c(C)nn(C)c1C. The Balaban J connectivity index is 2.36. The molecule has 5 heteroatoms. The molecule has 1 aromatic heterocycles. The Kier molecular flexibility index (Phi) is 4.74. The largest absolute Gasteiger partial charge is 0.313 e. The van der Waals surface area contributed by atoms with Crippen molar-refractivity contribution in [2.24, 2.45) is 7.05 Å². The number of aromatic nitrogens is 2. The van der Waals surface area contributed by atoms with Crippen molar-refractivity contribution >= 4 is 23.2 Å². The molecule has 108 valence electrons. The summed E-state index contributed by atoms with van der Waals surface area (Å²) in [5, 5.41) is 9.28. The van der Waals surface area contributed by atoms with Crippen LogP contribution in [-0.2, 0) is 13.5 Å². The highest BCUT2D eigenvalue weighted by Gasteiger charge is 2.20. The second-order valence-electron chi connectivity index (χ2n) is 4.99. The third kappa shape index (κ3) is 3.00. The maximum atomic E-state index is 6.26. The van der Waals surface area contributed by atoms with Crippen LogP contribution in [0.25, 0.3) is 0 Å². The second-order valence-corrected chi connectivity index (χ2v) is 5.83. The van der Waals surface area contributed by atoms with Gasteiger partial charge in [0, 0.05) is 34.4 Å². The number of benzene rings is 1. The van der Waals surface area contributed by atoms with Gasteiger partial charge in [0.15, 0.2) is 0 Å². The van der Waals surface area contributed by atoms with Crippen molar-refractivity contribution in [2.75, 3.05) is 7.05 Å². The first-order valence-electron chi connectivity index (χ1n) is 6.55. The number of nitrogens with zero attached hydrogens (tertiary/aromatic N) is 2. The van der Waals surface area contributed by atoms with Gasteiger partial charge in [0.1, 0.15) is 0 Å². The Labute approximate surface area is 129 Å². The Bertz CT molecular complexity index is 620. The Morgan fingerprint density at radius 3 is 2.55 bits per heavy atom. The van der Waals surface area contributed by atoms with E-state index in [9.17, 15) is 0 Å². The number of nitrogens with one attached hydrogen (secondary N) is 1. The number of rotatable bonds is 4. The lowest BCUT2D eigenvalue weighted by atomic mass is 9.97. The lowest BCUT2D eigenvalue weighted by molar-refractivity contribution is 0.584. The fourth-order valence-corrected chi connectivity index (χ4v) is 2.95. The molecule has 20 heavy (non-hydrogen) atoms. The summed E-state index contributed by atoms with van der Waals surface area (Å²) in [6.45, 7) is 4.12. The van der Waals surface area contributed by atoms with E-state index in [1.165, 1.54) is 11.3 Å². The Morgan fingerprint density at radius 2 is 2.00 bits per heavy atom. The Morgan fingerprint density at radius 1 is 1.30 bits per heavy atom. The predicted octanol–water partition coefficient (Wildman–Crippen LogP) is 3.85. The van der Waals surface area contributed by atoms with Crippen LogP contribution in [0.15, 0.2) is 18.2 Å². The van der Waals surface area contributed by atoms with Gasteiger partial charge < -0.3 is 5.32 Å². The third-order valence-corrected chi connectivity index (χ3v) is 4.30. The van der Waals surface area contributed by atoms with Gasteiger partial charge in [0.2, 0.25) is 0 Å². The minimum atomic E-state index is 0.166. The highest BCUT2D eigenvalue weighted by molar-refractivity contribution is 6.33. The molecule has 3 nitrogen and oxygen atoms in total. The fourth-order valence-electron chi connectivity index (χ4n) is 2.56. The molecule has 0 saturated heterocycles.